The van der Waals surface area contributed by atoms with Gasteiger partial charge in [0.05, 0.1) is 0 Å². The summed E-state index contributed by atoms with van der Waals surface area (Å²) in [6.45, 7) is 0.516. The maximum absolute atomic E-state index is 11.6. The van der Waals surface area contributed by atoms with Crippen molar-refractivity contribution in [1.82, 2.24) is 5.32 Å². The number of carbonyl (C=O) groups is 2. The number of carboxylic acid groups (broad SMARTS) is 1. The van der Waals surface area contributed by atoms with Crippen molar-refractivity contribution >= 4 is 11.9 Å². The third kappa shape index (κ3) is 1.13. The van der Waals surface area contributed by atoms with Crippen LogP contribution in [0.3, 0.4) is 0 Å². The fourth-order valence-corrected chi connectivity index (χ4v) is 2.83. The van der Waals surface area contributed by atoms with Crippen molar-refractivity contribution in [3.63, 3.8) is 0 Å². The van der Waals surface area contributed by atoms with Crippen LogP contribution in [-0.4, -0.2) is 23.5 Å². The third-order valence-corrected chi connectivity index (χ3v) is 3.64. The molecule has 1 amide bonds. The van der Waals surface area contributed by atoms with E-state index in [0.717, 1.165) is 25.7 Å². The Balaban J connectivity index is 2.29. The highest BCUT2D eigenvalue weighted by Gasteiger charge is 2.55. The van der Waals surface area contributed by atoms with Crippen LogP contribution in [0.15, 0.2) is 0 Å². The minimum atomic E-state index is -1.10. The SMILES string of the molecule is O=C(O)C1(C2CCCC2)CCNC1=O. The molecule has 2 fully saturated rings. The molecular weight excluding hydrogens is 182 g/mol. The standard InChI is InChI=1S/C10H15NO3/c12-8-10(9(13)14,5-6-11-8)7-3-1-2-4-7/h7H,1-6H2,(H,11,12)(H,13,14). The van der Waals surface area contributed by atoms with Crippen molar-refractivity contribution < 1.29 is 14.7 Å². The summed E-state index contributed by atoms with van der Waals surface area (Å²) in [6, 6.07) is 0. The molecule has 1 atom stereocenters. The second-order valence-corrected chi connectivity index (χ2v) is 4.26. The van der Waals surface area contributed by atoms with Crippen molar-refractivity contribution in [1.29, 1.82) is 0 Å². The molecule has 78 valence electrons. The Morgan fingerprint density at radius 3 is 2.50 bits per heavy atom. The summed E-state index contributed by atoms with van der Waals surface area (Å²) >= 11 is 0. The maximum Gasteiger partial charge on any atom is 0.319 e. The van der Waals surface area contributed by atoms with Crippen LogP contribution < -0.4 is 5.32 Å². The smallest absolute Gasteiger partial charge is 0.319 e. The first-order valence-electron chi connectivity index (χ1n) is 5.19. The van der Waals surface area contributed by atoms with Gasteiger partial charge in [0.25, 0.3) is 0 Å². The molecule has 1 aliphatic heterocycles. The molecule has 1 aliphatic carbocycles. The number of hydrogen-bond donors (Lipinski definition) is 2. The van der Waals surface area contributed by atoms with Crippen molar-refractivity contribution in [3.05, 3.63) is 0 Å². The van der Waals surface area contributed by atoms with Gasteiger partial charge in [-0.3, -0.25) is 9.59 Å². The molecule has 1 heterocycles. The number of amides is 1. The molecule has 2 rings (SSSR count). The second kappa shape index (κ2) is 3.26. The number of carboxylic acids is 1. The van der Waals surface area contributed by atoms with Crippen molar-refractivity contribution in [2.75, 3.05) is 6.54 Å². The lowest BCUT2D eigenvalue weighted by Crippen LogP contribution is -2.44. The Morgan fingerprint density at radius 2 is 2.07 bits per heavy atom. The molecule has 14 heavy (non-hydrogen) atoms. The molecule has 4 nitrogen and oxygen atoms in total. The molecule has 1 saturated carbocycles. The van der Waals surface area contributed by atoms with E-state index in [0.29, 0.717) is 13.0 Å². The van der Waals surface area contributed by atoms with Gasteiger partial charge in [-0.15, -0.1) is 0 Å². The summed E-state index contributed by atoms with van der Waals surface area (Å²) in [5, 5.41) is 11.9. The topological polar surface area (TPSA) is 66.4 Å². The van der Waals surface area contributed by atoms with Gasteiger partial charge in [-0.2, -0.15) is 0 Å². The average molecular weight is 197 g/mol. The van der Waals surface area contributed by atoms with E-state index in [4.69, 9.17) is 0 Å². The highest BCUT2D eigenvalue weighted by molar-refractivity contribution is 6.03. The van der Waals surface area contributed by atoms with Crippen LogP contribution in [-0.2, 0) is 9.59 Å². The maximum atomic E-state index is 11.6. The zero-order valence-corrected chi connectivity index (χ0v) is 8.08. The minimum Gasteiger partial charge on any atom is -0.480 e. The van der Waals surface area contributed by atoms with E-state index in [9.17, 15) is 14.7 Å². The summed E-state index contributed by atoms with van der Waals surface area (Å²) in [5.74, 6) is -1.14. The third-order valence-electron chi connectivity index (χ3n) is 3.64. The van der Waals surface area contributed by atoms with Gasteiger partial charge in [0.1, 0.15) is 0 Å². The number of hydrogen-bond acceptors (Lipinski definition) is 2. The predicted molar refractivity (Wildman–Crippen MR) is 49.7 cm³/mol. The van der Waals surface area contributed by atoms with E-state index in [1.807, 2.05) is 0 Å². The first-order valence-corrected chi connectivity index (χ1v) is 5.19. The van der Waals surface area contributed by atoms with Crippen LogP contribution in [0.1, 0.15) is 32.1 Å². The van der Waals surface area contributed by atoms with Gasteiger partial charge < -0.3 is 10.4 Å². The molecule has 0 radical (unpaired) electrons. The van der Waals surface area contributed by atoms with Crippen LogP contribution in [0.25, 0.3) is 0 Å². The highest BCUT2D eigenvalue weighted by Crippen LogP contribution is 2.44. The quantitative estimate of drug-likeness (QED) is 0.642. The minimum absolute atomic E-state index is 0.0579. The van der Waals surface area contributed by atoms with E-state index in [1.165, 1.54) is 0 Å². The van der Waals surface area contributed by atoms with E-state index in [-0.39, 0.29) is 11.8 Å². The second-order valence-electron chi connectivity index (χ2n) is 4.26. The lowest BCUT2D eigenvalue weighted by Gasteiger charge is -2.27. The molecule has 2 aliphatic rings. The van der Waals surface area contributed by atoms with Gasteiger partial charge >= 0.3 is 5.97 Å². The van der Waals surface area contributed by atoms with Crippen LogP contribution in [0, 0.1) is 11.3 Å². The largest absolute Gasteiger partial charge is 0.480 e. The number of carbonyl (C=O) groups excluding carboxylic acids is 1. The summed E-state index contributed by atoms with van der Waals surface area (Å²) in [5.41, 5.74) is -1.10. The predicted octanol–water partition coefficient (Wildman–Crippen LogP) is 0.767. The summed E-state index contributed by atoms with van der Waals surface area (Å²) < 4.78 is 0. The first kappa shape index (κ1) is 9.49. The van der Waals surface area contributed by atoms with Gasteiger partial charge in [0.2, 0.25) is 5.91 Å². The van der Waals surface area contributed by atoms with Crippen LogP contribution in [0.5, 0.6) is 0 Å². The normalized spacial score (nSPS) is 33.3. The van der Waals surface area contributed by atoms with Gasteiger partial charge in [0, 0.05) is 6.54 Å². The Morgan fingerprint density at radius 1 is 1.43 bits per heavy atom. The van der Waals surface area contributed by atoms with E-state index in [2.05, 4.69) is 5.32 Å². The molecular formula is C10H15NO3. The summed E-state index contributed by atoms with van der Waals surface area (Å²) in [7, 11) is 0. The molecule has 1 saturated heterocycles. The van der Waals surface area contributed by atoms with Gasteiger partial charge in [-0.25, -0.2) is 0 Å². The molecule has 0 aromatic heterocycles. The first-order chi connectivity index (χ1) is 6.68. The molecule has 4 heteroatoms. The highest BCUT2D eigenvalue weighted by atomic mass is 16.4. The molecule has 0 spiro atoms. The Bertz CT molecular complexity index is 271. The van der Waals surface area contributed by atoms with Crippen LogP contribution in [0.2, 0.25) is 0 Å². The number of rotatable bonds is 2. The van der Waals surface area contributed by atoms with E-state index in [1.54, 1.807) is 0 Å². The van der Waals surface area contributed by atoms with Crippen LogP contribution >= 0.6 is 0 Å². The van der Waals surface area contributed by atoms with Gasteiger partial charge in [-0.1, -0.05) is 12.8 Å². The fraction of sp³-hybridized carbons (Fsp3) is 0.800. The lowest BCUT2D eigenvalue weighted by molar-refractivity contribution is -0.157. The molecule has 1 unspecified atom stereocenters. The van der Waals surface area contributed by atoms with E-state index < -0.39 is 11.4 Å². The Labute approximate surface area is 82.7 Å². The molecule has 2 N–H and O–H groups in total. The monoisotopic (exact) mass is 197 g/mol. The van der Waals surface area contributed by atoms with Crippen molar-refractivity contribution in [2.24, 2.45) is 11.3 Å². The Hall–Kier alpha value is -1.06. The zero-order chi connectivity index (χ0) is 10.2. The Kier molecular flexibility index (Phi) is 2.21. The number of aliphatic carboxylic acids is 1. The molecule has 0 bridgehead atoms. The summed E-state index contributed by atoms with van der Waals surface area (Å²) in [4.78, 5) is 22.9. The number of nitrogens with one attached hydrogen (secondary N) is 1. The zero-order valence-electron chi connectivity index (χ0n) is 8.08. The summed E-state index contributed by atoms with van der Waals surface area (Å²) in [6.07, 6.45) is 4.37. The average Bonchev–Trinajstić information content (AvgIpc) is 2.72. The lowest BCUT2D eigenvalue weighted by atomic mass is 9.73. The van der Waals surface area contributed by atoms with Crippen molar-refractivity contribution in [2.45, 2.75) is 32.1 Å². The van der Waals surface area contributed by atoms with Gasteiger partial charge in [0.15, 0.2) is 5.41 Å². The molecule has 0 aromatic carbocycles. The van der Waals surface area contributed by atoms with E-state index >= 15 is 0 Å². The van der Waals surface area contributed by atoms with Gasteiger partial charge in [-0.05, 0) is 25.2 Å². The van der Waals surface area contributed by atoms with Crippen LogP contribution in [0.4, 0.5) is 0 Å². The molecule has 0 aromatic rings. The van der Waals surface area contributed by atoms with Crippen molar-refractivity contribution in [3.8, 4) is 0 Å². The fourth-order valence-electron chi connectivity index (χ4n) is 2.83.